The van der Waals surface area contributed by atoms with E-state index in [4.69, 9.17) is 11.6 Å². The van der Waals surface area contributed by atoms with Crippen molar-refractivity contribution >= 4 is 38.9 Å². The quantitative estimate of drug-likeness (QED) is 0.712. The molecule has 22 heavy (non-hydrogen) atoms. The minimum absolute atomic E-state index is 0.134. The summed E-state index contributed by atoms with van der Waals surface area (Å²) in [5.41, 5.74) is 0. The third-order valence-electron chi connectivity index (χ3n) is 3.59. The lowest BCUT2D eigenvalue weighted by Gasteiger charge is -2.24. The Balaban J connectivity index is 2.02. The molecule has 0 radical (unpaired) electrons. The van der Waals surface area contributed by atoms with E-state index in [0.717, 1.165) is 41.4 Å². The van der Waals surface area contributed by atoms with Crippen molar-refractivity contribution in [3.8, 4) is 0 Å². The Bertz CT molecular complexity index is 626. The lowest BCUT2D eigenvalue weighted by atomic mass is 10.3. The molecule has 1 fully saturated rings. The summed E-state index contributed by atoms with van der Waals surface area (Å²) in [4.78, 5) is 14.2. The van der Waals surface area contributed by atoms with Gasteiger partial charge in [-0.3, -0.25) is 4.79 Å². The number of halogens is 1. The molecule has 0 spiro atoms. The van der Waals surface area contributed by atoms with Gasteiger partial charge in [-0.2, -0.15) is 4.31 Å². The van der Waals surface area contributed by atoms with Gasteiger partial charge in [0.25, 0.3) is 10.0 Å². The molecule has 0 aliphatic heterocycles. The van der Waals surface area contributed by atoms with Gasteiger partial charge in [-0.25, -0.2) is 8.42 Å². The molecule has 124 valence electrons. The van der Waals surface area contributed by atoms with Gasteiger partial charge in [0.15, 0.2) is 0 Å². The van der Waals surface area contributed by atoms with Crippen LogP contribution in [-0.2, 0) is 14.8 Å². The van der Waals surface area contributed by atoms with Crippen LogP contribution in [0.1, 0.15) is 26.2 Å². The van der Waals surface area contributed by atoms with Gasteiger partial charge < -0.3 is 4.90 Å². The highest BCUT2D eigenvalue weighted by atomic mass is 35.5. The molecule has 0 N–H and O–H groups in total. The normalized spacial score (nSPS) is 15.3. The van der Waals surface area contributed by atoms with E-state index in [2.05, 4.69) is 0 Å². The first-order chi connectivity index (χ1) is 10.3. The molecule has 0 atom stereocenters. The molecule has 0 aromatic carbocycles. The fourth-order valence-electron chi connectivity index (χ4n) is 2.17. The minimum atomic E-state index is -3.65. The molecule has 5 nitrogen and oxygen atoms in total. The van der Waals surface area contributed by atoms with Crippen LogP contribution in [0.15, 0.2) is 16.3 Å². The van der Waals surface area contributed by atoms with Crippen LogP contribution in [0, 0.1) is 5.92 Å². The fourth-order valence-corrected chi connectivity index (χ4v) is 4.98. The van der Waals surface area contributed by atoms with E-state index in [1.165, 1.54) is 13.1 Å². The lowest BCUT2D eigenvalue weighted by Crippen LogP contribution is -2.42. The van der Waals surface area contributed by atoms with Crippen molar-refractivity contribution in [1.29, 1.82) is 0 Å². The molecule has 0 saturated heterocycles. The van der Waals surface area contributed by atoms with Gasteiger partial charge >= 0.3 is 0 Å². The molecule has 1 aromatic rings. The largest absolute Gasteiger partial charge is 0.341 e. The van der Waals surface area contributed by atoms with Gasteiger partial charge in [-0.1, -0.05) is 18.5 Å². The second kappa shape index (κ2) is 7.29. The summed E-state index contributed by atoms with van der Waals surface area (Å²) in [7, 11) is -2.22. The first kappa shape index (κ1) is 17.7. The number of hydrogen-bond donors (Lipinski definition) is 0. The summed E-state index contributed by atoms with van der Waals surface area (Å²) >= 11 is 6.79. The van der Waals surface area contributed by atoms with Crippen molar-refractivity contribution in [3.63, 3.8) is 0 Å². The molecule has 1 aliphatic carbocycles. The van der Waals surface area contributed by atoms with Crippen LogP contribution in [0.3, 0.4) is 0 Å². The SMILES string of the molecule is CCCN(CC1CC1)C(=O)CN(C)S(=O)(=O)c1ccc(Cl)s1. The Kier molecular flexibility index (Phi) is 5.87. The number of thiophene rings is 1. The molecule has 1 aliphatic rings. The molecular weight excluding hydrogens is 344 g/mol. The summed E-state index contributed by atoms with van der Waals surface area (Å²) in [5.74, 6) is 0.455. The zero-order valence-electron chi connectivity index (χ0n) is 12.8. The summed E-state index contributed by atoms with van der Waals surface area (Å²) < 4.78 is 26.5. The zero-order chi connectivity index (χ0) is 16.3. The van der Waals surface area contributed by atoms with E-state index in [9.17, 15) is 13.2 Å². The molecule has 8 heteroatoms. The van der Waals surface area contributed by atoms with Crippen molar-refractivity contribution in [2.75, 3.05) is 26.7 Å². The van der Waals surface area contributed by atoms with Crippen LogP contribution in [0.5, 0.6) is 0 Å². The zero-order valence-corrected chi connectivity index (χ0v) is 15.2. The van der Waals surface area contributed by atoms with Crippen LogP contribution in [-0.4, -0.2) is 50.2 Å². The maximum Gasteiger partial charge on any atom is 0.252 e. The lowest BCUT2D eigenvalue weighted by molar-refractivity contribution is -0.131. The molecule has 0 bridgehead atoms. The Morgan fingerprint density at radius 3 is 2.59 bits per heavy atom. The van der Waals surface area contributed by atoms with Gasteiger partial charge in [-0.05, 0) is 37.3 Å². The predicted octanol–water partition coefficient (Wildman–Crippen LogP) is 2.67. The number of carbonyl (C=O) groups excluding carboxylic acids is 1. The van der Waals surface area contributed by atoms with Crippen molar-refractivity contribution in [3.05, 3.63) is 16.5 Å². The van der Waals surface area contributed by atoms with Crippen molar-refractivity contribution in [1.82, 2.24) is 9.21 Å². The van der Waals surface area contributed by atoms with Crippen LogP contribution in [0.4, 0.5) is 0 Å². The second-order valence-electron chi connectivity index (χ2n) is 5.60. The first-order valence-electron chi connectivity index (χ1n) is 7.34. The van der Waals surface area contributed by atoms with Gasteiger partial charge in [-0.15, -0.1) is 11.3 Å². The average Bonchev–Trinajstić information content (AvgIpc) is 3.16. The number of amides is 1. The number of nitrogens with zero attached hydrogens (tertiary/aromatic N) is 2. The number of sulfonamides is 1. The first-order valence-corrected chi connectivity index (χ1v) is 9.97. The van der Waals surface area contributed by atoms with E-state index < -0.39 is 10.0 Å². The third-order valence-corrected chi connectivity index (χ3v) is 7.09. The highest BCUT2D eigenvalue weighted by Crippen LogP contribution is 2.30. The van der Waals surface area contributed by atoms with E-state index in [0.29, 0.717) is 16.8 Å². The fraction of sp³-hybridized carbons (Fsp3) is 0.643. The topological polar surface area (TPSA) is 57.7 Å². The highest BCUT2D eigenvalue weighted by molar-refractivity contribution is 7.91. The molecule has 1 saturated carbocycles. The Morgan fingerprint density at radius 2 is 2.09 bits per heavy atom. The number of likely N-dealkylation sites (N-methyl/N-ethyl adjacent to an activating group) is 1. The van der Waals surface area contributed by atoms with Crippen molar-refractivity contribution in [2.24, 2.45) is 5.92 Å². The Morgan fingerprint density at radius 1 is 1.41 bits per heavy atom. The summed E-state index contributed by atoms with van der Waals surface area (Å²) in [6.07, 6.45) is 3.19. The van der Waals surface area contributed by atoms with E-state index >= 15 is 0 Å². The van der Waals surface area contributed by atoms with E-state index in [1.807, 2.05) is 6.92 Å². The van der Waals surface area contributed by atoms with Gasteiger partial charge in [0.2, 0.25) is 5.91 Å². The summed E-state index contributed by atoms with van der Waals surface area (Å²) in [6.45, 7) is 3.30. The van der Waals surface area contributed by atoms with Crippen LogP contribution < -0.4 is 0 Å². The van der Waals surface area contributed by atoms with E-state index in [-0.39, 0.29) is 16.7 Å². The van der Waals surface area contributed by atoms with Gasteiger partial charge in [0.1, 0.15) is 4.21 Å². The second-order valence-corrected chi connectivity index (χ2v) is 9.59. The standard InChI is InChI=1S/C14H21ClN2O3S2/c1-3-8-17(9-11-4-5-11)13(18)10-16(2)22(19,20)14-7-6-12(15)21-14/h6-7,11H,3-5,8-10H2,1-2H3. The maximum atomic E-state index is 12.4. The predicted molar refractivity (Wildman–Crippen MR) is 88.7 cm³/mol. The Hall–Kier alpha value is -0.630. The third kappa shape index (κ3) is 4.44. The molecule has 1 amide bonds. The van der Waals surface area contributed by atoms with Crippen LogP contribution in [0.2, 0.25) is 4.34 Å². The summed E-state index contributed by atoms with van der Waals surface area (Å²) in [6, 6.07) is 3.02. The number of rotatable bonds is 8. The minimum Gasteiger partial charge on any atom is -0.341 e. The molecule has 1 heterocycles. The molecular formula is C14H21ClN2O3S2. The summed E-state index contributed by atoms with van der Waals surface area (Å²) in [5, 5.41) is 0. The molecule has 0 unspecified atom stereocenters. The van der Waals surface area contributed by atoms with E-state index in [1.54, 1.807) is 11.0 Å². The van der Waals surface area contributed by atoms with Gasteiger partial charge in [0.05, 0.1) is 10.9 Å². The van der Waals surface area contributed by atoms with Crippen molar-refractivity contribution < 1.29 is 13.2 Å². The highest BCUT2D eigenvalue weighted by Gasteiger charge is 2.29. The van der Waals surface area contributed by atoms with Gasteiger partial charge in [0, 0.05) is 20.1 Å². The number of carbonyl (C=O) groups is 1. The van der Waals surface area contributed by atoms with Crippen LogP contribution in [0.25, 0.3) is 0 Å². The molecule has 1 aromatic heterocycles. The maximum absolute atomic E-state index is 12.4. The van der Waals surface area contributed by atoms with Crippen molar-refractivity contribution in [2.45, 2.75) is 30.4 Å². The smallest absolute Gasteiger partial charge is 0.252 e. The molecule has 2 rings (SSSR count). The number of hydrogen-bond acceptors (Lipinski definition) is 4. The monoisotopic (exact) mass is 364 g/mol. The Labute approximate surface area is 140 Å². The average molecular weight is 365 g/mol. The van der Waals surface area contributed by atoms with Crippen LogP contribution >= 0.6 is 22.9 Å².